The second-order valence-electron chi connectivity index (χ2n) is 3.01. The molecule has 0 aromatic heterocycles. The second kappa shape index (κ2) is 3.92. The summed E-state index contributed by atoms with van der Waals surface area (Å²) in [4.78, 5) is 0. The average Bonchev–Trinajstić information content (AvgIpc) is 2.03. The van der Waals surface area contributed by atoms with Crippen molar-refractivity contribution in [1.29, 1.82) is 0 Å². The Morgan fingerprint density at radius 1 is 1.42 bits per heavy atom. The molecule has 0 fully saturated rings. The molecule has 0 heterocycles. The van der Waals surface area contributed by atoms with E-state index in [2.05, 4.69) is 25.2 Å². The Bertz CT molecular complexity index is 271. The first-order valence-corrected chi connectivity index (χ1v) is 4.46. The van der Waals surface area contributed by atoms with Crippen molar-refractivity contribution in [3.8, 4) is 0 Å². The van der Waals surface area contributed by atoms with Gasteiger partial charge in [0.05, 0.1) is 0 Å². The molecule has 66 valence electrons. The van der Waals surface area contributed by atoms with E-state index in [1.807, 2.05) is 19.2 Å². The van der Waals surface area contributed by atoms with Crippen LogP contribution in [0.5, 0.6) is 0 Å². The van der Waals surface area contributed by atoms with Crippen LogP contribution in [0.2, 0.25) is 5.02 Å². The highest BCUT2D eigenvalue weighted by molar-refractivity contribution is 6.30. The van der Waals surface area contributed by atoms with Gasteiger partial charge in [0.1, 0.15) is 0 Å². The molecule has 0 bridgehead atoms. The average molecular weight is 184 g/mol. The third-order valence-corrected chi connectivity index (χ3v) is 2.37. The lowest BCUT2D eigenvalue weighted by atomic mass is 10.0. The zero-order valence-corrected chi connectivity index (χ0v) is 8.44. The summed E-state index contributed by atoms with van der Waals surface area (Å²) in [6, 6.07) is 6.38. The SMILES string of the molecule is CN[C@@H](C)c1ccc(Cl)cc1C. The van der Waals surface area contributed by atoms with Crippen LogP contribution in [0.15, 0.2) is 18.2 Å². The van der Waals surface area contributed by atoms with Crippen molar-refractivity contribution in [2.75, 3.05) is 7.05 Å². The van der Waals surface area contributed by atoms with E-state index >= 15 is 0 Å². The van der Waals surface area contributed by atoms with E-state index in [4.69, 9.17) is 11.6 Å². The normalized spacial score (nSPS) is 13.0. The standard InChI is InChI=1S/C10H14ClN/c1-7-6-9(11)4-5-10(7)8(2)12-3/h4-6,8,12H,1-3H3/t8-/m0/s1. The molecule has 12 heavy (non-hydrogen) atoms. The van der Waals surface area contributed by atoms with Crippen LogP contribution in [0.3, 0.4) is 0 Å². The van der Waals surface area contributed by atoms with Gasteiger partial charge < -0.3 is 5.32 Å². The highest BCUT2D eigenvalue weighted by Gasteiger charge is 2.05. The Balaban J connectivity index is 3.01. The van der Waals surface area contributed by atoms with Crippen LogP contribution in [0.25, 0.3) is 0 Å². The lowest BCUT2D eigenvalue weighted by molar-refractivity contribution is 0.648. The second-order valence-corrected chi connectivity index (χ2v) is 3.45. The van der Waals surface area contributed by atoms with Gasteiger partial charge in [-0.2, -0.15) is 0 Å². The van der Waals surface area contributed by atoms with Gasteiger partial charge in [-0.15, -0.1) is 0 Å². The number of hydrogen-bond acceptors (Lipinski definition) is 1. The van der Waals surface area contributed by atoms with Crippen LogP contribution in [0, 0.1) is 6.92 Å². The quantitative estimate of drug-likeness (QED) is 0.744. The molecule has 0 spiro atoms. The number of rotatable bonds is 2. The van der Waals surface area contributed by atoms with Gasteiger partial charge in [-0.05, 0) is 44.2 Å². The molecule has 0 aliphatic heterocycles. The van der Waals surface area contributed by atoms with Crippen LogP contribution in [0.1, 0.15) is 24.1 Å². The molecule has 0 saturated carbocycles. The summed E-state index contributed by atoms with van der Waals surface area (Å²) in [6.45, 7) is 4.21. The fourth-order valence-electron chi connectivity index (χ4n) is 1.28. The molecule has 1 aromatic carbocycles. The van der Waals surface area contributed by atoms with Gasteiger partial charge in [0.25, 0.3) is 0 Å². The summed E-state index contributed by atoms with van der Waals surface area (Å²) in [5, 5.41) is 4.00. The van der Waals surface area contributed by atoms with Gasteiger partial charge in [-0.1, -0.05) is 17.7 Å². The Hall–Kier alpha value is -0.530. The van der Waals surface area contributed by atoms with Crippen LogP contribution in [-0.4, -0.2) is 7.05 Å². The maximum atomic E-state index is 5.84. The minimum atomic E-state index is 0.391. The summed E-state index contributed by atoms with van der Waals surface area (Å²) in [5.74, 6) is 0. The van der Waals surface area contributed by atoms with E-state index in [-0.39, 0.29) is 0 Å². The monoisotopic (exact) mass is 183 g/mol. The van der Waals surface area contributed by atoms with E-state index in [0.717, 1.165) is 5.02 Å². The molecule has 0 radical (unpaired) electrons. The maximum absolute atomic E-state index is 5.84. The van der Waals surface area contributed by atoms with Crippen molar-refractivity contribution in [2.45, 2.75) is 19.9 Å². The summed E-state index contributed by atoms with van der Waals surface area (Å²) < 4.78 is 0. The van der Waals surface area contributed by atoms with Gasteiger partial charge in [0.15, 0.2) is 0 Å². The third kappa shape index (κ3) is 1.99. The van der Waals surface area contributed by atoms with Crippen LogP contribution >= 0.6 is 11.6 Å². The fraction of sp³-hybridized carbons (Fsp3) is 0.400. The van der Waals surface area contributed by atoms with Crippen LogP contribution in [0.4, 0.5) is 0 Å². The zero-order valence-electron chi connectivity index (χ0n) is 7.69. The minimum Gasteiger partial charge on any atom is -0.313 e. The predicted molar refractivity (Wildman–Crippen MR) is 53.7 cm³/mol. The molecule has 1 atom stereocenters. The summed E-state index contributed by atoms with van der Waals surface area (Å²) in [6.07, 6.45) is 0. The zero-order chi connectivity index (χ0) is 9.14. The first kappa shape index (κ1) is 9.56. The predicted octanol–water partition coefficient (Wildman–Crippen LogP) is 2.93. The maximum Gasteiger partial charge on any atom is 0.0408 e. The van der Waals surface area contributed by atoms with Crippen LogP contribution in [-0.2, 0) is 0 Å². The molecular weight excluding hydrogens is 170 g/mol. The minimum absolute atomic E-state index is 0.391. The Morgan fingerprint density at radius 2 is 2.08 bits per heavy atom. The molecule has 2 heteroatoms. The van der Waals surface area contributed by atoms with Crippen LogP contribution < -0.4 is 5.32 Å². The van der Waals surface area contributed by atoms with Crippen molar-refractivity contribution in [2.24, 2.45) is 0 Å². The lowest BCUT2D eigenvalue weighted by Gasteiger charge is -2.13. The first-order chi connectivity index (χ1) is 5.65. The van der Waals surface area contributed by atoms with Crippen molar-refractivity contribution in [3.05, 3.63) is 34.3 Å². The first-order valence-electron chi connectivity index (χ1n) is 4.08. The van der Waals surface area contributed by atoms with E-state index in [1.54, 1.807) is 0 Å². The van der Waals surface area contributed by atoms with E-state index < -0.39 is 0 Å². The smallest absolute Gasteiger partial charge is 0.0408 e. The van der Waals surface area contributed by atoms with Crippen molar-refractivity contribution in [3.63, 3.8) is 0 Å². The van der Waals surface area contributed by atoms with E-state index in [1.165, 1.54) is 11.1 Å². The summed E-state index contributed by atoms with van der Waals surface area (Å²) >= 11 is 5.84. The number of hydrogen-bond donors (Lipinski definition) is 1. The highest BCUT2D eigenvalue weighted by Crippen LogP contribution is 2.20. The van der Waals surface area contributed by atoms with Gasteiger partial charge >= 0.3 is 0 Å². The van der Waals surface area contributed by atoms with Gasteiger partial charge in [-0.25, -0.2) is 0 Å². The van der Waals surface area contributed by atoms with Crippen molar-refractivity contribution >= 4 is 11.6 Å². The van der Waals surface area contributed by atoms with Crippen molar-refractivity contribution in [1.82, 2.24) is 5.32 Å². The summed E-state index contributed by atoms with van der Waals surface area (Å²) in [7, 11) is 1.96. The molecule has 0 aliphatic rings. The van der Waals surface area contributed by atoms with E-state index in [9.17, 15) is 0 Å². The molecule has 0 saturated heterocycles. The Labute approximate surface area is 78.7 Å². The molecule has 1 N–H and O–H groups in total. The van der Waals surface area contributed by atoms with E-state index in [0.29, 0.717) is 6.04 Å². The van der Waals surface area contributed by atoms with Gasteiger partial charge in [0.2, 0.25) is 0 Å². The number of benzene rings is 1. The van der Waals surface area contributed by atoms with Gasteiger partial charge in [-0.3, -0.25) is 0 Å². The van der Waals surface area contributed by atoms with Gasteiger partial charge in [0, 0.05) is 11.1 Å². The largest absolute Gasteiger partial charge is 0.313 e. The topological polar surface area (TPSA) is 12.0 Å². The summed E-state index contributed by atoms with van der Waals surface area (Å²) in [5.41, 5.74) is 2.55. The molecule has 1 rings (SSSR count). The molecule has 0 unspecified atom stereocenters. The fourth-order valence-corrected chi connectivity index (χ4v) is 1.51. The highest BCUT2D eigenvalue weighted by atomic mass is 35.5. The Kier molecular flexibility index (Phi) is 3.12. The molecule has 1 aromatic rings. The third-order valence-electron chi connectivity index (χ3n) is 2.13. The molecular formula is C10H14ClN. The lowest BCUT2D eigenvalue weighted by Crippen LogP contribution is -2.13. The molecule has 0 aliphatic carbocycles. The number of nitrogens with one attached hydrogen (secondary N) is 1. The molecule has 1 nitrogen and oxygen atoms in total. The number of aryl methyl sites for hydroxylation is 1. The number of halogens is 1. The van der Waals surface area contributed by atoms with Crippen molar-refractivity contribution < 1.29 is 0 Å². The Morgan fingerprint density at radius 3 is 2.58 bits per heavy atom. The molecule has 0 amide bonds.